The number of rotatable bonds is 1. The molecule has 0 saturated carbocycles. The lowest BCUT2D eigenvalue weighted by atomic mass is 9.99. The second-order valence-corrected chi connectivity index (χ2v) is 4.94. The van der Waals surface area contributed by atoms with E-state index in [-0.39, 0.29) is 5.24 Å². The Morgan fingerprint density at radius 3 is 2.68 bits per heavy atom. The molecule has 0 bridgehead atoms. The van der Waals surface area contributed by atoms with Crippen molar-refractivity contribution in [1.29, 1.82) is 0 Å². The predicted molar refractivity (Wildman–Crippen MR) is 81.9 cm³/mol. The van der Waals surface area contributed by atoms with E-state index in [1.807, 2.05) is 37.3 Å². The van der Waals surface area contributed by atoms with Gasteiger partial charge in [0.15, 0.2) is 0 Å². The van der Waals surface area contributed by atoms with E-state index in [9.17, 15) is 4.79 Å². The normalized spacial score (nSPS) is 27.5. The van der Waals surface area contributed by atoms with Gasteiger partial charge in [-0.05, 0) is 48.1 Å². The van der Waals surface area contributed by atoms with E-state index in [0.29, 0.717) is 5.84 Å². The van der Waals surface area contributed by atoms with Crippen molar-refractivity contribution >= 4 is 28.5 Å². The standard InChI is InChI=1S/C14H15N3OS/c1-4-10-7-9(5-6-11(10)15-2)8-12-13(16-3)17-14(18)19-12/h4-8H,1-3H3,(H,16,17,18)/b10-4-,12-8-,15-11?. The fourth-order valence-electron chi connectivity index (χ4n) is 1.84. The van der Waals surface area contributed by atoms with Gasteiger partial charge in [0.25, 0.3) is 5.24 Å². The Balaban J connectivity index is 2.32. The number of hydrogen-bond acceptors (Lipinski definition) is 4. The summed E-state index contributed by atoms with van der Waals surface area (Å²) in [6, 6.07) is 0. The van der Waals surface area contributed by atoms with Gasteiger partial charge in [-0.2, -0.15) is 0 Å². The summed E-state index contributed by atoms with van der Waals surface area (Å²) in [5.41, 5.74) is 3.07. The summed E-state index contributed by atoms with van der Waals surface area (Å²) in [6.45, 7) is 1.98. The second-order valence-electron chi connectivity index (χ2n) is 3.93. The molecule has 2 aliphatic rings. The molecular formula is C14H15N3OS. The van der Waals surface area contributed by atoms with Crippen LogP contribution in [0.3, 0.4) is 0 Å². The molecule has 4 nitrogen and oxygen atoms in total. The molecule has 1 aliphatic heterocycles. The molecule has 1 saturated heterocycles. The molecule has 1 fully saturated rings. The Kier molecular flexibility index (Phi) is 4.16. The average Bonchev–Trinajstić information content (AvgIpc) is 2.78. The number of carbonyl (C=O) groups is 1. The van der Waals surface area contributed by atoms with E-state index in [0.717, 1.165) is 33.5 Å². The first-order chi connectivity index (χ1) is 9.17. The first-order valence-electron chi connectivity index (χ1n) is 5.89. The highest BCUT2D eigenvalue weighted by molar-refractivity contribution is 8.18. The molecule has 1 amide bonds. The maximum atomic E-state index is 11.3. The first-order valence-corrected chi connectivity index (χ1v) is 6.70. The molecule has 1 N–H and O–H groups in total. The Bertz CT molecular complexity index is 592. The van der Waals surface area contributed by atoms with Crippen molar-refractivity contribution in [3.8, 4) is 0 Å². The smallest absolute Gasteiger partial charge is 0.289 e. The molecule has 1 heterocycles. The largest absolute Gasteiger partial charge is 0.300 e. The number of nitrogens with zero attached hydrogens (tertiary/aromatic N) is 2. The maximum Gasteiger partial charge on any atom is 0.289 e. The van der Waals surface area contributed by atoms with E-state index in [4.69, 9.17) is 0 Å². The summed E-state index contributed by atoms with van der Waals surface area (Å²) in [7, 11) is 3.44. The van der Waals surface area contributed by atoms with Crippen LogP contribution in [0.15, 0.2) is 56.4 Å². The summed E-state index contributed by atoms with van der Waals surface area (Å²) in [6.07, 6.45) is 9.98. The molecule has 0 aromatic carbocycles. The maximum absolute atomic E-state index is 11.3. The van der Waals surface area contributed by atoms with Crippen LogP contribution in [-0.2, 0) is 0 Å². The number of amidine groups is 1. The van der Waals surface area contributed by atoms with Crippen molar-refractivity contribution in [3.05, 3.63) is 46.4 Å². The van der Waals surface area contributed by atoms with E-state index < -0.39 is 0 Å². The molecule has 0 unspecified atom stereocenters. The highest BCUT2D eigenvalue weighted by Gasteiger charge is 2.23. The molecule has 0 spiro atoms. The van der Waals surface area contributed by atoms with Crippen molar-refractivity contribution in [2.75, 3.05) is 14.1 Å². The van der Waals surface area contributed by atoms with Gasteiger partial charge >= 0.3 is 0 Å². The highest BCUT2D eigenvalue weighted by Crippen LogP contribution is 2.27. The summed E-state index contributed by atoms with van der Waals surface area (Å²) in [5, 5.41) is 2.62. The van der Waals surface area contributed by atoms with Gasteiger partial charge in [0, 0.05) is 14.1 Å². The minimum absolute atomic E-state index is 0.0886. The zero-order valence-electron chi connectivity index (χ0n) is 11.1. The third-order valence-electron chi connectivity index (χ3n) is 2.78. The van der Waals surface area contributed by atoms with Crippen LogP contribution < -0.4 is 5.32 Å². The zero-order valence-corrected chi connectivity index (χ0v) is 11.9. The van der Waals surface area contributed by atoms with Crippen LogP contribution in [0.1, 0.15) is 6.92 Å². The van der Waals surface area contributed by atoms with E-state index >= 15 is 0 Å². The molecule has 1 aliphatic carbocycles. The van der Waals surface area contributed by atoms with Crippen LogP contribution in [0.25, 0.3) is 0 Å². The number of carbonyl (C=O) groups excluding carboxylic acids is 1. The van der Waals surface area contributed by atoms with Gasteiger partial charge in [-0.15, -0.1) is 0 Å². The van der Waals surface area contributed by atoms with Gasteiger partial charge in [-0.3, -0.25) is 14.8 Å². The van der Waals surface area contributed by atoms with Crippen LogP contribution in [0.5, 0.6) is 0 Å². The number of amides is 1. The van der Waals surface area contributed by atoms with E-state index in [1.54, 1.807) is 14.1 Å². The minimum Gasteiger partial charge on any atom is -0.300 e. The molecule has 0 aromatic heterocycles. The molecule has 0 atom stereocenters. The number of thioether (sulfide) groups is 1. The van der Waals surface area contributed by atoms with Gasteiger partial charge in [0.05, 0.1) is 10.6 Å². The number of hydrogen-bond donors (Lipinski definition) is 1. The quantitative estimate of drug-likeness (QED) is 0.798. The van der Waals surface area contributed by atoms with Gasteiger partial charge in [0.1, 0.15) is 5.84 Å². The van der Waals surface area contributed by atoms with Crippen LogP contribution >= 0.6 is 11.8 Å². The zero-order chi connectivity index (χ0) is 13.8. The van der Waals surface area contributed by atoms with Crippen molar-refractivity contribution < 1.29 is 4.79 Å². The number of nitrogens with one attached hydrogen (secondary N) is 1. The number of allylic oxidation sites excluding steroid dienone is 7. The van der Waals surface area contributed by atoms with Crippen molar-refractivity contribution in [3.63, 3.8) is 0 Å². The van der Waals surface area contributed by atoms with Crippen LogP contribution in [-0.4, -0.2) is 30.9 Å². The molecular weight excluding hydrogens is 258 g/mol. The van der Waals surface area contributed by atoms with Gasteiger partial charge in [-0.25, -0.2) is 0 Å². The van der Waals surface area contributed by atoms with Gasteiger partial charge in [-0.1, -0.05) is 12.2 Å². The van der Waals surface area contributed by atoms with Crippen molar-refractivity contribution in [1.82, 2.24) is 5.32 Å². The van der Waals surface area contributed by atoms with Gasteiger partial charge in [0.2, 0.25) is 0 Å². The summed E-state index contributed by atoms with van der Waals surface area (Å²) >= 11 is 1.16. The SMILES string of the molecule is C/C=C1C=C(/C=C2\SC(=O)NC2=NC)C=CC/1=NC. The van der Waals surface area contributed by atoms with Crippen molar-refractivity contribution in [2.24, 2.45) is 9.98 Å². The molecule has 2 rings (SSSR count). The lowest BCUT2D eigenvalue weighted by molar-refractivity contribution is 0.265. The summed E-state index contributed by atoms with van der Waals surface area (Å²) in [4.78, 5) is 20.5. The van der Waals surface area contributed by atoms with Crippen LogP contribution in [0.4, 0.5) is 4.79 Å². The average molecular weight is 273 g/mol. The van der Waals surface area contributed by atoms with E-state index in [1.165, 1.54) is 0 Å². The Morgan fingerprint density at radius 2 is 2.05 bits per heavy atom. The molecule has 0 aromatic rings. The topological polar surface area (TPSA) is 53.8 Å². The minimum atomic E-state index is -0.0886. The van der Waals surface area contributed by atoms with Crippen LogP contribution in [0.2, 0.25) is 0 Å². The molecule has 5 heteroatoms. The highest BCUT2D eigenvalue weighted by atomic mass is 32.2. The summed E-state index contributed by atoms with van der Waals surface area (Å²) < 4.78 is 0. The van der Waals surface area contributed by atoms with Crippen molar-refractivity contribution in [2.45, 2.75) is 6.92 Å². The number of aliphatic imine (C=N–C) groups is 2. The summed E-state index contributed by atoms with van der Waals surface area (Å²) in [5.74, 6) is 0.626. The monoisotopic (exact) mass is 273 g/mol. The predicted octanol–water partition coefficient (Wildman–Crippen LogP) is 2.87. The lowest BCUT2D eigenvalue weighted by Crippen LogP contribution is -2.18. The second kappa shape index (κ2) is 5.84. The Morgan fingerprint density at radius 1 is 1.26 bits per heavy atom. The lowest BCUT2D eigenvalue weighted by Gasteiger charge is -2.09. The fraction of sp³-hybridized carbons (Fsp3) is 0.214. The first kappa shape index (κ1) is 13.5. The van der Waals surface area contributed by atoms with E-state index in [2.05, 4.69) is 15.3 Å². The fourth-order valence-corrected chi connectivity index (χ4v) is 2.63. The molecule has 19 heavy (non-hydrogen) atoms. The third kappa shape index (κ3) is 2.93. The third-order valence-corrected chi connectivity index (χ3v) is 3.60. The molecule has 0 radical (unpaired) electrons. The Hall–Kier alpha value is -1.88. The van der Waals surface area contributed by atoms with Crippen LogP contribution in [0, 0.1) is 0 Å². The van der Waals surface area contributed by atoms with Gasteiger partial charge < -0.3 is 5.32 Å². The Labute approximate surface area is 116 Å². The molecule has 98 valence electrons.